The van der Waals surface area contributed by atoms with Crippen LogP contribution in [-0.2, 0) is 5.41 Å². The number of hydrogen-bond acceptors (Lipinski definition) is 9. The molecular formula is C27H31N5O3S. The van der Waals surface area contributed by atoms with Gasteiger partial charge in [-0.05, 0) is 38.1 Å². The highest BCUT2D eigenvalue weighted by atomic mass is 32.2. The van der Waals surface area contributed by atoms with E-state index >= 15 is 0 Å². The molecule has 9 heteroatoms. The Morgan fingerprint density at radius 2 is 1.75 bits per heavy atom. The van der Waals surface area contributed by atoms with E-state index in [4.69, 9.17) is 14.0 Å². The minimum Gasteiger partial charge on any atom is -0.490 e. The Labute approximate surface area is 215 Å². The van der Waals surface area contributed by atoms with Crippen LogP contribution in [-0.4, -0.2) is 28.3 Å². The van der Waals surface area contributed by atoms with E-state index in [-0.39, 0.29) is 5.41 Å². The largest absolute Gasteiger partial charge is 0.490 e. The van der Waals surface area contributed by atoms with Gasteiger partial charge in [0.15, 0.2) is 17.3 Å². The number of anilines is 2. The number of nitrogens with zero attached hydrogens (tertiary/aromatic N) is 3. The first-order chi connectivity index (χ1) is 17.3. The third-order valence-corrected chi connectivity index (χ3v) is 6.14. The summed E-state index contributed by atoms with van der Waals surface area (Å²) in [6, 6.07) is 13.8. The molecule has 0 atom stereocenters. The van der Waals surface area contributed by atoms with Gasteiger partial charge in [0, 0.05) is 33.5 Å². The molecule has 0 radical (unpaired) electrons. The highest BCUT2D eigenvalue weighted by molar-refractivity contribution is 7.99. The molecule has 2 aromatic carbocycles. The van der Waals surface area contributed by atoms with Crippen molar-refractivity contribution >= 4 is 34.2 Å². The molecule has 4 rings (SSSR count). The standard InChI is InChI=1S/C27H31N5O3S/c1-7-33-22-13-20-21(14-23(22)34-8-2)28-16-29-26(20)36-19-11-9-10-18(12-19)30-17(3)31-25-15-24(35-32-25)27(4,5)6/h9-16,30H,3,7-8H2,1-2,4-6H3,(H,31,32). The van der Waals surface area contributed by atoms with Gasteiger partial charge in [-0.3, -0.25) is 0 Å². The van der Waals surface area contributed by atoms with Gasteiger partial charge in [-0.25, -0.2) is 9.97 Å². The van der Waals surface area contributed by atoms with E-state index in [9.17, 15) is 0 Å². The predicted octanol–water partition coefficient (Wildman–Crippen LogP) is 6.86. The molecule has 0 fully saturated rings. The van der Waals surface area contributed by atoms with Crippen molar-refractivity contribution in [1.29, 1.82) is 0 Å². The fourth-order valence-corrected chi connectivity index (χ4v) is 4.38. The number of rotatable bonds is 10. The van der Waals surface area contributed by atoms with Crippen LogP contribution in [0.2, 0.25) is 0 Å². The van der Waals surface area contributed by atoms with Gasteiger partial charge in [-0.2, -0.15) is 0 Å². The van der Waals surface area contributed by atoms with Crippen molar-refractivity contribution in [3.8, 4) is 11.5 Å². The van der Waals surface area contributed by atoms with Crippen LogP contribution < -0.4 is 20.1 Å². The third-order valence-electron chi connectivity index (χ3n) is 5.14. The minimum absolute atomic E-state index is 0.119. The first-order valence-electron chi connectivity index (χ1n) is 11.8. The second kappa shape index (κ2) is 10.9. The molecule has 0 saturated heterocycles. The highest BCUT2D eigenvalue weighted by Gasteiger charge is 2.20. The second-order valence-electron chi connectivity index (χ2n) is 9.05. The molecule has 2 N–H and O–H groups in total. The normalized spacial score (nSPS) is 11.4. The van der Waals surface area contributed by atoms with Gasteiger partial charge in [-0.1, -0.05) is 50.3 Å². The average Bonchev–Trinajstić information content (AvgIpc) is 3.29. The van der Waals surface area contributed by atoms with E-state index in [1.165, 1.54) is 0 Å². The molecule has 2 aromatic heterocycles. The molecule has 0 bridgehead atoms. The summed E-state index contributed by atoms with van der Waals surface area (Å²) in [6.45, 7) is 15.3. The predicted molar refractivity (Wildman–Crippen MR) is 144 cm³/mol. The summed E-state index contributed by atoms with van der Waals surface area (Å²) in [7, 11) is 0. The van der Waals surface area contributed by atoms with E-state index in [1.54, 1.807) is 18.1 Å². The molecule has 4 aromatic rings. The van der Waals surface area contributed by atoms with E-state index in [0.717, 1.165) is 32.3 Å². The molecule has 0 spiro atoms. The third kappa shape index (κ3) is 6.09. The number of ether oxygens (including phenoxy) is 2. The smallest absolute Gasteiger partial charge is 0.175 e. The zero-order valence-corrected chi connectivity index (χ0v) is 22.0. The van der Waals surface area contributed by atoms with Crippen molar-refractivity contribution in [3.05, 3.63) is 67.0 Å². The van der Waals surface area contributed by atoms with Crippen molar-refractivity contribution in [1.82, 2.24) is 15.1 Å². The summed E-state index contributed by atoms with van der Waals surface area (Å²) >= 11 is 1.55. The Hall–Kier alpha value is -3.72. The molecule has 0 aliphatic rings. The Kier molecular flexibility index (Phi) is 7.69. The first-order valence-corrected chi connectivity index (χ1v) is 12.6. The van der Waals surface area contributed by atoms with Crippen LogP contribution in [0.15, 0.2) is 75.6 Å². The second-order valence-corrected chi connectivity index (χ2v) is 10.1. The quantitative estimate of drug-likeness (QED) is 0.224. The van der Waals surface area contributed by atoms with Crippen molar-refractivity contribution in [2.45, 2.75) is 50.0 Å². The van der Waals surface area contributed by atoms with Crippen LogP contribution in [0.1, 0.15) is 40.4 Å². The van der Waals surface area contributed by atoms with Gasteiger partial charge in [0.25, 0.3) is 0 Å². The highest BCUT2D eigenvalue weighted by Crippen LogP contribution is 2.38. The molecule has 188 valence electrons. The Bertz CT molecular complexity index is 1360. The number of nitrogens with one attached hydrogen (secondary N) is 2. The summed E-state index contributed by atoms with van der Waals surface area (Å²) in [4.78, 5) is 9.98. The fourth-order valence-electron chi connectivity index (χ4n) is 3.45. The summed E-state index contributed by atoms with van der Waals surface area (Å²) in [6.07, 6.45) is 1.57. The van der Waals surface area contributed by atoms with Crippen LogP contribution in [0, 0.1) is 0 Å². The molecule has 8 nitrogen and oxygen atoms in total. The lowest BCUT2D eigenvalue weighted by Gasteiger charge is -2.14. The topological polar surface area (TPSA) is 94.3 Å². The SMILES string of the molecule is C=C(Nc1cccc(Sc2ncnc3cc(OCC)c(OCC)cc23)c1)Nc1cc(C(C)(C)C)on1. The lowest BCUT2D eigenvalue weighted by atomic mass is 9.93. The Balaban J connectivity index is 1.51. The van der Waals surface area contributed by atoms with Crippen molar-refractivity contribution in [2.75, 3.05) is 23.8 Å². The van der Waals surface area contributed by atoms with E-state index in [1.807, 2.05) is 56.3 Å². The van der Waals surface area contributed by atoms with Crippen molar-refractivity contribution < 1.29 is 14.0 Å². The minimum atomic E-state index is -0.119. The Morgan fingerprint density at radius 1 is 1.00 bits per heavy atom. The van der Waals surface area contributed by atoms with Crippen LogP contribution in [0.4, 0.5) is 11.5 Å². The number of benzene rings is 2. The fraction of sp³-hybridized carbons (Fsp3) is 0.296. The molecule has 2 heterocycles. The van der Waals surface area contributed by atoms with Gasteiger partial charge in [-0.15, -0.1) is 0 Å². The van der Waals surface area contributed by atoms with E-state index in [0.29, 0.717) is 36.4 Å². The number of hydrogen-bond donors (Lipinski definition) is 2. The molecule has 36 heavy (non-hydrogen) atoms. The van der Waals surface area contributed by atoms with Gasteiger partial charge >= 0.3 is 0 Å². The van der Waals surface area contributed by atoms with Crippen LogP contribution in [0.3, 0.4) is 0 Å². The van der Waals surface area contributed by atoms with Crippen LogP contribution >= 0.6 is 11.8 Å². The molecule has 0 saturated carbocycles. The number of aromatic nitrogens is 3. The zero-order chi connectivity index (χ0) is 25.7. The van der Waals surface area contributed by atoms with Crippen LogP contribution in [0.25, 0.3) is 10.9 Å². The summed E-state index contributed by atoms with van der Waals surface area (Å²) in [5.41, 5.74) is 1.56. The zero-order valence-electron chi connectivity index (χ0n) is 21.2. The molecule has 0 aliphatic carbocycles. The lowest BCUT2D eigenvalue weighted by Crippen LogP contribution is -2.10. The van der Waals surface area contributed by atoms with Gasteiger partial charge in [0.1, 0.15) is 22.9 Å². The molecule has 0 aliphatic heterocycles. The number of fused-ring (bicyclic) bond motifs is 1. The van der Waals surface area contributed by atoms with Crippen LogP contribution in [0.5, 0.6) is 11.5 Å². The summed E-state index contributed by atoms with van der Waals surface area (Å²) < 4.78 is 17.0. The van der Waals surface area contributed by atoms with E-state index in [2.05, 4.69) is 53.1 Å². The summed E-state index contributed by atoms with van der Waals surface area (Å²) in [5, 5.41) is 12.2. The van der Waals surface area contributed by atoms with Crippen molar-refractivity contribution in [3.63, 3.8) is 0 Å². The van der Waals surface area contributed by atoms with Gasteiger partial charge in [0.2, 0.25) is 0 Å². The molecule has 0 amide bonds. The van der Waals surface area contributed by atoms with Crippen molar-refractivity contribution in [2.24, 2.45) is 0 Å². The average molecular weight is 506 g/mol. The van der Waals surface area contributed by atoms with E-state index < -0.39 is 0 Å². The Morgan fingerprint density at radius 3 is 2.44 bits per heavy atom. The first kappa shape index (κ1) is 25.4. The summed E-state index contributed by atoms with van der Waals surface area (Å²) in [5.74, 6) is 3.36. The maximum Gasteiger partial charge on any atom is 0.175 e. The molecule has 0 unspecified atom stereocenters. The maximum absolute atomic E-state index is 5.81. The lowest BCUT2D eigenvalue weighted by molar-refractivity contribution is 0.288. The van der Waals surface area contributed by atoms with Gasteiger partial charge < -0.3 is 24.6 Å². The monoisotopic (exact) mass is 505 g/mol. The maximum atomic E-state index is 5.81. The van der Waals surface area contributed by atoms with Gasteiger partial charge in [0.05, 0.1) is 18.7 Å². The molecular weight excluding hydrogens is 474 g/mol.